The first-order chi connectivity index (χ1) is 9.61. The monoisotopic (exact) mass is 292 g/mol. The number of hydrogen-bond donors (Lipinski definition) is 0. The Morgan fingerprint density at radius 1 is 1.35 bits per heavy atom. The topological polar surface area (TPSA) is 23.6 Å². The number of carbonyl (C=O) groups excluding carboxylic acids is 1. The van der Waals surface area contributed by atoms with Gasteiger partial charge in [-0.25, -0.2) is 0 Å². The number of carbonyl (C=O) groups is 1. The molecule has 20 heavy (non-hydrogen) atoms. The standard InChI is InChI=1S/C16H24N2OS/c1-4-9-18(11-16(19)17(2)3)10-13-12-20-15-8-6-5-7-14(13)15/h5-8,13H,4,9-12H2,1-3H3. The molecule has 1 atom stereocenters. The van der Waals surface area contributed by atoms with Crippen molar-refractivity contribution in [2.24, 2.45) is 0 Å². The Hall–Kier alpha value is -1.00. The number of hydrogen-bond acceptors (Lipinski definition) is 3. The van der Waals surface area contributed by atoms with E-state index in [-0.39, 0.29) is 5.91 Å². The molecule has 0 N–H and O–H groups in total. The van der Waals surface area contributed by atoms with Gasteiger partial charge in [-0.05, 0) is 24.6 Å². The predicted octanol–water partition coefficient (Wildman–Crippen LogP) is 2.68. The van der Waals surface area contributed by atoms with Crippen LogP contribution in [0.5, 0.6) is 0 Å². The van der Waals surface area contributed by atoms with Gasteiger partial charge in [0.1, 0.15) is 0 Å². The highest BCUT2D eigenvalue weighted by molar-refractivity contribution is 7.99. The van der Waals surface area contributed by atoms with E-state index in [0.29, 0.717) is 12.5 Å². The molecule has 1 aliphatic heterocycles. The molecule has 1 unspecified atom stereocenters. The highest BCUT2D eigenvalue weighted by Crippen LogP contribution is 2.39. The second-order valence-corrected chi connectivity index (χ2v) is 6.63. The minimum Gasteiger partial charge on any atom is -0.348 e. The van der Waals surface area contributed by atoms with E-state index in [2.05, 4.69) is 36.1 Å². The molecule has 1 aromatic carbocycles. The molecule has 0 radical (unpaired) electrons. The van der Waals surface area contributed by atoms with Crippen LogP contribution in [0.15, 0.2) is 29.2 Å². The maximum atomic E-state index is 11.9. The smallest absolute Gasteiger partial charge is 0.236 e. The molecule has 0 saturated heterocycles. The predicted molar refractivity (Wildman–Crippen MR) is 85.3 cm³/mol. The summed E-state index contributed by atoms with van der Waals surface area (Å²) in [5, 5.41) is 0. The Kier molecular flexibility index (Phi) is 5.49. The van der Waals surface area contributed by atoms with Gasteiger partial charge >= 0.3 is 0 Å². The van der Waals surface area contributed by atoms with Crippen LogP contribution in [0.4, 0.5) is 0 Å². The van der Waals surface area contributed by atoms with Crippen LogP contribution in [0, 0.1) is 0 Å². The fourth-order valence-electron chi connectivity index (χ4n) is 2.58. The number of amides is 1. The molecular formula is C16H24N2OS. The molecule has 1 aliphatic rings. The Balaban J connectivity index is 2.00. The Morgan fingerprint density at radius 2 is 2.10 bits per heavy atom. The number of nitrogens with zero attached hydrogens (tertiary/aromatic N) is 2. The Labute approximate surface area is 126 Å². The van der Waals surface area contributed by atoms with Crippen LogP contribution in [-0.2, 0) is 4.79 Å². The van der Waals surface area contributed by atoms with Crippen LogP contribution in [0.25, 0.3) is 0 Å². The molecule has 0 fully saturated rings. The number of rotatable bonds is 6. The molecule has 1 heterocycles. The number of fused-ring (bicyclic) bond motifs is 1. The highest BCUT2D eigenvalue weighted by atomic mass is 32.2. The molecule has 0 bridgehead atoms. The summed E-state index contributed by atoms with van der Waals surface area (Å²) in [5.74, 6) is 1.88. The summed E-state index contributed by atoms with van der Waals surface area (Å²) in [6.07, 6.45) is 1.09. The molecule has 0 aliphatic carbocycles. The van der Waals surface area contributed by atoms with Crippen LogP contribution in [-0.4, -0.2) is 55.2 Å². The minimum atomic E-state index is 0.192. The number of likely N-dealkylation sites (N-methyl/N-ethyl adjacent to an activating group) is 1. The van der Waals surface area contributed by atoms with Gasteiger partial charge < -0.3 is 4.90 Å². The lowest BCUT2D eigenvalue weighted by Gasteiger charge is -2.26. The van der Waals surface area contributed by atoms with E-state index in [4.69, 9.17) is 0 Å². The van der Waals surface area contributed by atoms with Crippen molar-refractivity contribution in [2.75, 3.05) is 39.5 Å². The van der Waals surface area contributed by atoms with Gasteiger partial charge in [0, 0.05) is 37.2 Å². The Morgan fingerprint density at radius 3 is 2.80 bits per heavy atom. The third-order valence-electron chi connectivity index (χ3n) is 3.67. The summed E-state index contributed by atoms with van der Waals surface area (Å²) in [7, 11) is 3.65. The van der Waals surface area contributed by atoms with Crippen LogP contribution < -0.4 is 0 Å². The third-order valence-corrected chi connectivity index (χ3v) is 4.93. The van der Waals surface area contributed by atoms with Gasteiger partial charge in [-0.15, -0.1) is 11.8 Å². The summed E-state index contributed by atoms with van der Waals surface area (Å²) in [6.45, 7) is 4.68. The first-order valence-electron chi connectivity index (χ1n) is 7.26. The van der Waals surface area contributed by atoms with Crippen molar-refractivity contribution in [3.8, 4) is 0 Å². The Bertz CT molecular complexity index is 462. The normalized spacial score (nSPS) is 17.3. The summed E-state index contributed by atoms with van der Waals surface area (Å²) in [6, 6.07) is 8.66. The van der Waals surface area contributed by atoms with Crippen molar-refractivity contribution in [3.05, 3.63) is 29.8 Å². The second-order valence-electron chi connectivity index (χ2n) is 5.57. The lowest BCUT2D eigenvalue weighted by atomic mass is 10.0. The van der Waals surface area contributed by atoms with Crippen molar-refractivity contribution >= 4 is 17.7 Å². The van der Waals surface area contributed by atoms with Gasteiger partial charge in [0.05, 0.1) is 6.54 Å². The van der Waals surface area contributed by atoms with Gasteiger partial charge in [-0.3, -0.25) is 9.69 Å². The van der Waals surface area contributed by atoms with Crippen LogP contribution in [0.1, 0.15) is 24.8 Å². The van der Waals surface area contributed by atoms with E-state index in [0.717, 1.165) is 25.3 Å². The van der Waals surface area contributed by atoms with Gasteiger partial charge in [-0.1, -0.05) is 25.1 Å². The average Bonchev–Trinajstić information content (AvgIpc) is 2.82. The van der Waals surface area contributed by atoms with Crippen molar-refractivity contribution in [1.29, 1.82) is 0 Å². The quantitative estimate of drug-likeness (QED) is 0.805. The van der Waals surface area contributed by atoms with E-state index < -0.39 is 0 Å². The molecule has 110 valence electrons. The zero-order chi connectivity index (χ0) is 14.5. The second kappa shape index (κ2) is 7.14. The first kappa shape index (κ1) is 15.4. The summed E-state index contributed by atoms with van der Waals surface area (Å²) < 4.78 is 0. The highest BCUT2D eigenvalue weighted by Gasteiger charge is 2.25. The molecule has 2 rings (SSSR count). The molecule has 0 saturated carbocycles. The molecular weight excluding hydrogens is 268 g/mol. The number of thioether (sulfide) groups is 1. The summed E-state index contributed by atoms with van der Waals surface area (Å²) >= 11 is 1.94. The lowest BCUT2D eigenvalue weighted by molar-refractivity contribution is -0.129. The lowest BCUT2D eigenvalue weighted by Crippen LogP contribution is -2.39. The molecule has 1 amide bonds. The summed E-state index contributed by atoms with van der Waals surface area (Å²) in [5.41, 5.74) is 1.45. The van der Waals surface area contributed by atoms with Crippen LogP contribution in [0.3, 0.4) is 0 Å². The van der Waals surface area contributed by atoms with Crippen molar-refractivity contribution in [3.63, 3.8) is 0 Å². The maximum absolute atomic E-state index is 11.9. The molecule has 4 heteroatoms. The zero-order valence-corrected chi connectivity index (χ0v) is 13.4. The van der Waals surface area contributed by atoms with Gasteiger partial charge in [0.25, 0.3) is 0 Å². The van der Waals surface area contributed by atoms with E-state index in [1.54, 1.807) is 4.90 Å². The minimum absolute atomic E-state index is 0.192. The van der Waals surface area contributed by atoms with Gasteiger partial charge in [-0.2, -0.15) is 0 Å². The zero-order valence-electron chi connectivity index (χ0n) is 12.6. The van der Waals surface area contributed by atoms with Gasteiger partial charge in [0.15, 0.2) is 0 Å². The SMILES string of the molecule is CCCN(CC(=O)N(C)C)CC1CSc2ccccc21. The third kappa shape index (κ3) is 3.76. The van der Waals surface area contributed by atoms with E-state index in [9.17, 15) is 4.79 Å². The molecule has 0 spiro atoms. The largest absolute Gasteiger partial charge is 0.348 e. The maximum Gasteiger partial charge on any atom is 0.236 e. The molecule has 1 aromatic rings. The fraction of sp³-hybridized carbons (Fsp3) is 0.562. The summed E-state index contributed by atoms with van der Waals surface area (Å²) in [4.78, 5) is 17.3. The average molecular weight is 292 g/mol. The molecule has 3 nitrogen and oxygen atoms in total. The first-order valence-corrected chi connectivity index (χ1v) is 8.24. The fourth-order valence-corrected chi connectivity index (χ4v) is 3.82. The van der Waals surface area contributed by atoms with E-state index in [1.165, 1.54) is 10.5 Å². The van der Waals surface area contributed by atoms with Crippen molar-refractivity contribution in [2.45, 2.75) is 24.2 Å². The van der Waals surface area contributed by atoms with Crippen LogP contribution in [0.2, 0.25) is 0 Å². The van der Waals surface area contributed by atoms with Gasteiger partial charge in [0.2, 0.25) is 5.91 Å². The van der Waals surface area contributed by atoms with Crippen molar-refractivity contribution < 1.29 is 4.79 Å². The van der Waals surface area contributed by atoms with Crippen LogP contribution >= 0.6 is 11.8 Å². The number of benzene rings is 1. The van der Waals surface area contributed by atoms with E-state index in [1.807, 2.05) is 25.9 Å². The van der Waals surface area contributed by atoms with E-state index >= 15 is 0 Å². The molecule has 0 aromatic heterocycles. The van der Waals surface area contributed by atoms with Crippen molar-refractivity contribution in [1.82, 2.24) is 9.80 Å².